The van der Waals surface area contributed by atoms with Crippen LogP contribution >= 0.6 is 0 Å². The highest BCUT2D eigenvalue weighted by atomic mass is 16.1. The molecule has 8 nitrogen and oxygen atoms in total. The lowest BCUT2D eigenvalue weighted by Gasteiger charge is -2.07. The Bertz CT molecular complexity index is 1360. The van der Waals surface area contributed by atoms with E-state index in [4.69, 9.17) is 0 Å². The van der Waals surface area contributed by atoms with Gasteiger partial charge in [0.15, 0.2) is 11.6 Å². The molecule has 0 aliphatic rings. The summed E-state index contributed by atoms with van der Waals surface area (Å²) in [6, 6.07) is 19.2. The number of aromatic nitrogens is 6. The summed E-state index contributed by atoms with van der Waals surface area (Å²) in [7, 11) is 0. The van der Waals surface area contributed by atoms with Crippen molar-refractivity contribution in [3.63, 3.8) is 0 Å². The molecule has 5 rings (SSSR count). The minimum absolute atomic E-state index is 0.169. The second-order valence-electron chi connectivity index (χ2n) is 6.72. The maximum atomic E-state index is 11.9. The van der Waals surface area contributed by atoms with Gasteiger partial charge in [-0.1, -0.05) is 30.3 Å². The van der Waals surface area contributed by atoms with E-state index in [1.807, 2.05) is 61.5 Å². The highest BCUT2D eigenvalue weighted by molar-refractivity contribution is 5.82. The van der Waals surface area contributed by atoms with Gasteiger partial charge in [-0.2, -0.15) is 5.10 Å². The van der Waals surface area contributed by atoms with E-state index in [9.17, 15) is 4.79 Å². The normalized spacial score (nSPS) is 11.1. The Morgan fingerprint density at radius 3 is 2.59 bits per heavy atom. The van der Waals surface area contributed by atoms with E-state index in [0.717, 1.165) is 28.0 Å². The molecule has 0 amide bonds. The Kier molecular flexibility index (Phi) is 3.94. The van der Waals surface area contributed by atoms with Crippen LogP contribution in [0, 0.1) is 6.92 Å². The third kappa shape index (κ3) is 3.27. The number of nitrogens with one attached hydrogen (secondary N) is 4. The first kappa shape index (κ1) is 16.9. The standard InChI is InChI=1S/C21H17N7O/c1-12-9-18(23-19-11-17(26-27-19)13-5-3-2-4-6-13)24-20(22-12)14-7-8-16-15(10-14)21(29)28-25-16/h2-11H,1H3,(H2,25,28,29)(H2,22,23,24,26,27). The number of hydrogen-bond acceptors (Lipinski definition) is 5. The fourth-order valence-corrected chi connectivity index (χ4v) is 3.22. The molecule has 0 radical (unpaired) electrons. The van der Waals surface area contributed by atoms with Gasteiger partial charge in [-0.05, 0) is 30.7 Å². The van der Waals surface area contributed by atoms with Crippen LogP contribution in [0.25, 0.3) is 33.5 Å². The van der Waals surface area contributed by atoms with Crippen molar-refractivity contribution in [3.8, 4) is 22.6 Å². The van der Waals surface area contributed by atoms with Crippen LogP contribution in [0.4, 0.5) is 11.6 Å². The molecule has 3 aromatic heterocycles. The van der Waals surface area contributed by atoms with Crippen molar-refractivity contribution in [1.82, 2.24) is 30.4 Å². The van der Waals surface area contributed by atoms with Crippen LogP contribution in [-0.4, -0.2) is 30.4 Å². The highest BCUT2D eigenvalue weighted by Gasteiger charge is 2.10. The van der Waals surface area contributed by atoms with Gasteiger partial charge >= 0.3 is 0 Å². The summed E-state index contributed by atoms with van der Waals surface area (Å²) >= 11 is 0. The van der Waals surface area contributed by atoms with E-state index in [1.165, 1.54) is 0 Å². The smallest absolute Gasteiger partial charge is 0.271 e. The summed E-state index contributed by atoms with van der Waals surface area (Å²) in [6.07, 6.45) is 0. The van der Waals surface area contributed by atoms with Gasteiger partial charge in [-0.25, -0.2) is 9.97 Å². The molecule has 8 heteroatoms. The van der Waals surface area contributed by atoms with E-state index in [0.29, 0.717) is 22.8 Å². The molecule has 0 atom stereocenters. The van der Waals surface area contributed by atoms with Gasteiger partial charge in [-0.15, -0.1) is 0 Å². The van der Waals surface area contributed by atoms with Crippen molar-refractivity contribution in [3.05, 3.63) is 76.7 Å². The minimum atomic E-state index is -0.169. The average Bonchev–Trinajstić information content (AvgIpc) is 3.35. The van der Waals surface area contributed by atoms with Crippen molar-refractivity contribution in [2.45, 2.75) is 6.92 Å². The number of nitrogens with zero attached hydrogens (tertiary/aromatic N) is 3. The molecule has 0 saturated carbocycles. The number of anilines is 2. The molecule has 0 aliphatic heterocycles. The summed E-state index contributed by atoms with van der Waals surface area (Å²) in [5.41, 5.74) is 4.11. The SMILES string of the molecule is Cc1cc(Nc2cc(-c3ccccc3)[nH]n2)nc(-c2ccc3[nH][nH]c(=O)c3c2)n1. The first-order valence-corrected chi connectivity index (χ1v) is 9.10. The van der Waals surface area contributed by atoms with Crippen LogP contribution in [0.2, 0.25) is 0 Å². The van der Waals surface area contributed by atoms with Crippen LogP contribution in [0.1, 0.15) is 5.69 Å². The zero-order valence-electron chi connectivity index (χ0n) is 15.5. The maximum absolute atomic E-state index is 11.9. The topological polar surface area (TPSA) is 115 Å². The Hall–Kier alpha value is -4.20. The molecular weight excluding hydrogens is 366 g/mol. The first-order valence-electron chi connectivity index (χ1n) is 9.10. The lowest BCUT2D eigenvalue weighted by atomic mass is 10.1. The van der Waals surface area contributed by atoms with Gasteiger partial charge in [-0.3, -0.25) is 20.1 Å². The van der Waals surface area contributed by atoms with Crippen LogP contribution < -0.4 is 10.9 Å². The van der Waals surface area contributed by atoms with Crippen molar-refractivity contribution in [2.75, 3.05) is 5.32 Å². The summed E-state index contributed by atoms with van der Waals surface area (Å²) in [5.74, 6) is 1.82. The van der Waals surface area contributed by atoms with Gasteiger partial charge in [0.05, 0.1) is 16.6 Å². The first-order chi connectivity index (χ1) is 14.2. The summed E-state index contributed by atoms with van der Waals surface area (Å²) in [5, 5.41) is 16.6. The number of aryl methyl sites for hydroxylation is 1. The average molecular weight is 383 g/mol. The molecule has 5 aromatic rings. The lowest BCUT2D eigenvalue weighted by Crippen LogP contribution is -2.00. The third-order valence-corrected chi connectivity index (χ3v) is 4.61. The number of benzene rings is 2. The molecule has 0 aliphatic carbocycles. The molecule has 0 bridgehead atoms. The summed E-state index contributed by atoms with van der Waals surface area (Å²) in [6.45, 7) is 1.90. The van der Waals surface area contributed by atoms with E-state index in [1.54, 1.807) is 6.07 Å². The van der Waals surface area contributed by atoms with Crippen LogP contribution in [-0.2, 0) is 0 Å². The molecule has 3 heterocycles. The number of aromatic amines is 3. The van der Waals surface area contributed by atoms with Crippen LogP contribution in [0.3, 0.4) is 0 Å². The van der Waals surface area contributed by atoms with Gasteiger partial charge in [0.25, 0.3) is 5.56 Å². The van der Waals surface area contributed by atoms with Crippen LogP contribution in [0.15, 0.2) is 65.5 Å². The Morgan fingerprint density at radius 1 is 0.862 bits per heavy atom. The summed E-state index contributed by atoms with van der Waals surface area (Å²) in [4.78, 5) is 21.0. The number of fused-ring (bicyclic) bond motifs is 1. The predicted octanol–water partition coefficient (Wildman–Crippen LogP) is 3.76. The van der Waals surface area contributed by atoms with E-state index < -0.39 is 0 Å². The fourth-order valence-electron chi connectivity index (χ4n) is 3.22. The third-order valence-electron chi connectivity index (χ3n) is 4.61. The molecule has 0 fully saturated rings. The molecule has 2 aromatic carbocycles. The largest absolute Gasteiger partial charge is 0.323 e. The predicted molar refractivity (Wildman–Crippen MR) is 112 cm³/mol. The molecule has 0 saturated heterocycles. The molecule has 4 N–H and O–H groups in total. The Morgan fingerprint density at radius 2 is 1.72 bits per heavy atom. The van der Waals surface area contributed by atoms with E-state index in [2.05, 4.69) is 35.7 Å². The Labute approximate surface area is 165 Å². The van der Waals surface area contributed by atoms with Crippen molar-refractivity contribution in [1.29, 1.82) is 0 Å². The Balaban J connectivity index is 1.47. The quantitative estimate of drug-likeness (QED) is 0.377. The monoisotopic (exact) mass is 383 g/mol. The van der Waals surface area contributed by atoms with Gasteiger partial charge in [0.1, 0.15) is 5.82 Å². The highest BCUT2D eigenvalue weighted by Crippen LogP contribution is 2.24. The number of hydrogen-bond donors (Lipinski definition) is 4. The zero-order valence-corrected chi connectivity index (χ0v) is 15.5. The van der Waals surface area contributed by atoms with E-state index >= 15 is 0 Å². The molecule has 29 heavy (non-hydrogen) atoms. The van der Waals surface area contributed by atoms with Crippen molar-refractivity contribution < 1.29 is 0 Å². The zero-order chi connectivity index (χ0) is 19.8. The fraction of sp³-hybridized carbons (Fsp3) is 0.0476. The van der Waals surface area contributed by atoms with Crippen molar-refractivity contribution >= 4 is 22.5 Å². The second-order valence-corrected chi connectivity index (χ2v) is 6.72. The molecule has 0 spiro atoms. The van der Waals surface area contributed by atoms with E-state index in [-0.39, 0.29) is 5.56 Å². The number of H-pyrrole nitrogens is 3. The van der Waals surface area contributed by atoms with Crippen molar-refractivity contribution in [2.24, 2.45) is 0 Å². The van der Waals surface area contributed by atoms with Gasteiger partial charge in [0, 0.05) is 23.4 Å². The molecule has 142 valence electrons. The van der Waals surface area contributed by atoms with Crippen LogP contribution in [0.5, 0.6) is 0 Å². The molecule has 0 unspecified atom stereocenters. The lowest BCUT2D eigenvalue weighted by molar-refractivity contribution is 1.08. The maximum Gasteiger partial charge on any atom is 0.271 e. The second kappa shape index (κ2) is 6.75. The molecular formula is C21H17N7O. The minimum Gasteiger partial charge on any atom is -0.323 e. The summed E-state index contributed by atoms with van der Waals surface area (Å²) < 4.78 is 0. The van der Waals surface area contributed by atoms with Gasteiger partial charge < -0.3 is 5.32 Å². The number of rotatable bonds is 4. The van der Waals surface area contributed by atoms with Gasteiger partial charge in [0.2, 0.25) is 0 Å².